The third-order valence-electron chi connectivity index (χ3n) is 6.06. The molecule has 10 nitrogen and oxygen atoms in total. The summed E-state index contributed by atoms with van der Waals surface area (Å²) in [6.45, 7) is 3.37. The van der Waals surface area contributed by atoms with Crippen molar-refractivity contribution in [2.75, 3.05) is 37.7 Å². The molecule has 0 saturated heterocycles. The van der Waals surface area contributed by atoms with Gasteiger partial charge in [-0.3, -0.25) is 9.52 Å². The van der Waals surface area contributed by atoms with Crippen molar-refractivity contribution in [1.29, 1.82) is 0 Å². The molecule has 2 aromatic carbocycles. The lowest BCUT2D eigenvalue weighted by Crippen LogP contribution is -2.50. The van der Waals surface area contributed by atoms with Crippen molar-refractivity contribution in [3.05, 3.63) is 53.1 Å². The molecule has 1 aliphatic heterocycles. The number of rotatable bonds is 8. The van der Waals surface area contributed by atoms with Gasteiger partial charge in [-0.1, -0.05) is 24.6 Å². The van der Waals surface area contributed by atoms with Crippen LogP contribution in [0.2, 0.25) is 5.02 Å². The highest BCUT2D eigenvalue weighted by atomic mass is 35.5. The maximum absolute atomic E-state index is 13.5. The Morgan fingerprint density at radius 2 is 1.83 bits per heavy atom. The molecule has 0 fully saturated rings. The van der Waals surface area contributed by atoms with E-state index in [2.05, 4.69) is 4.72 Å². The minimum absolute atomic E-state index is 0.0198. The second-order valence-electron chi connectivity index (χ2n) is 8.91. The number of aliphatic hydroxyl groups excluding tert-OH is 1. The van der Waals surface area contributed by atoms with Crippen LogP contribution in [0.4, 0.5) is 5.69 Å². The number of halogens is 1. The molecule has 0 radical (unpaired) electrons. The predicted molar refractivity (Wildman–Crippen MR) is 137 cm³/mol. The molecule has 1 aliphatic rings. The van der Waals surface area contributed by atoms with Gasteiger partial charge in [0, 0.05) is 24.5 Å². The molecule has 198 valence electrons. The summed E-state index contributed by atoms with van der Waals surface area (Å²) in [5.74, 6) is -0.823. The Morgan fingerprint density at radius 1 is 1.19 bits per heavy atom. The quantitative estimate of drug-likeness (QED) is 0.506. The Balaban J connectivity index is 2.11. The van der Waals surface area contributed by atoms with Crippen molar-refractivity contribution >= 4 is 43.2 Å². The first kappa shape index (κ1) is 28.2. The number of fused-ring (bicyclic) bond motifs is 1. The first-order chi connectivity index (χ1) is 16.7. The summed E-state index contributed by atoms with van der Waals surface area (Å²) in [6.07, 6.45) is 0.343. The molecule has 2 aromatic rings. The number of anilines is 1. The number of nitrogens with one attached hydrogen (secondary N) is 1. The van der Waals surface area contributed by atoms with Crippen LogP contribution in [0, 0.1) is 5.92 Å². The van der Waals surface area contributed by atoms with Gasteiger partial charge in [0.1, 0.15) is 6.10 Å². The van der Waals surface area contributed by atoms with Crippen molar-refractivity contribution in [3.63, 3.8) is 0 Å². The molecule has 0 unspecified atom stereocenters. The number of sulfonamides is 2. The molecule has 1 amide bonds. The Kier molecular flexibility index (Phi) is 8.56. The lowest BCUT2D eigenvalue weighted by Gasteiger charge is -2.38. The number of ether oxygens (including phenoxy) is 1. The lowest BCUT2D eigenvalue weighted by atomic mass is 9.99. The monoisotopic (exact) mass is 559 g/mol. The molecule has 3 atom stereocenters. The van der Waals surface area contributed by atoms with Crippen LogP contribution in [0.1, 0.15) is 24.2 Å². The number of likely N-dealkylation sites (N-methyl/N-ethyl adjacent to an activating group) is 1. The van der Waals surface area contributed by atoms with Crippen LogP contribution in [0.5, 0.6) is 5.75 Å². The van der Waals surface area contributed by atoms with Gasteiger partial charge in [0.05, 0.1) is 41.6 Å². The van der Waals surface area contributed by atoms with E-state index in [1.54, 1.807) is 13.8 Å². The summed E-state index contributed by atoms with van der Waals surface area (Å²) in [7, 11) is -6.19. The Labute approximate surface area is 216 Å². The van der Waals surface area contributed by atoms with Crippen LogP contribution in [0.3, 0.4) is 0 Å². The summed E-state index contributed by atoms with van der Waals surface area (Å²) >= 11 is 5.88. The van der Waals surface area contributed by atoms with Crippen LogP contribution in [-0.4, -0.2) is 82.2 Å². The van der Waals surface area contributed by atoms with Crippen molar-refractivity contribution in [2.45, 2.75) is 30.9 Å². The molecule has 3 rings (SSSR count). The predicted octanol–water partition coefficient (Wildman–Crippen LogP) is 2.25. The van der Waals surface area contributed by atoms with Gasteiger partial charge in [0.25, 0.3) is 15.9 Å². The molecule has 2 N–H and O–H groups in total. The lowest BCUT2D eigenvalue weighted by molar-refractivity contribution is 0.0389. The summed E-state index contributed by atoms with van der Waals surface area (Å²) in [4.78, 5) is 14.9. The summed E-state index contributed by atoms with van der Waals surface area (Å²) in [6, 6.07) is 9.53. The molecule has 13 heteroatoms. The van der Waals surface area contributed by atoms with Crippen molar-refractivity contribution in [3.8, 4) is 5.75 Å². The van der Waals surface area contributed by atoms with Gasteiger partial charge < -0.3 is 14.7 Å². The van der Waals surface area contributed by atoms with Gasteiger partial charge in [-0.15, -0.1) is 0 Å². The summed E-state index contributed by atoms with van der Waals surface area (Å²) < 4.78 is 60.2. The van der Waals surface area contributed by atoms with E-state index in [9.17, 15) is 26.7 Å². The van der Waals surface area contributed by atoms with Crippen LogP contribution >= 0.6 is 11.6 Å². The van der Waals surface area contributed by atoms with Gasteiger partial charge in [0.15, 0.2) is 5.75 Å². The Bertz CT molecular complexity index is 1320. The smallest absolute Gasteiger partial charge is 0.262 e. The SMILES string of the molecule is C[C@@H]1CN([C@H](C)CO)C(=O)c2cccc(NS(=O)(=O)c3ccc(Cl)cc3)c2O[C@@H]1CN(C)S(C)(=O)=O. The Morgan fingerprint density at radius 3 is 2.42 bits per heavy atom. The molecule has 36 heavy (non-hydrogen) atoms. The molecule has 0 aliphatic carbocycles. The van der Waals surface area contributed by atoms with Gasteiger partial charge in [-0.2, -0.15) is 0 Å². The summed E-state index contributed by atoms with van der Waals surface area (Å²) in [5.41, 5.74) is 0.110. The third kappa shape index (κ3) is 6.30. The average molecular weight is 560 g/mol. The number of carbonyl (C=O) groups is 1. The molecule has 0 saturated carbocycles. The van der Waals surface area contributed by atoms with E-state index in [0.29, 0.717) is 5.02 Å². The second-order valence-corrected chi connectivity index (χ2v) is 13.1. The van der Waals surface area contributed by atoms with Gasteiger partial charge in [0.2, 0.25) is 10.0 Å². The van der Waals surface area contributed by atoms with E-state index >= 15 is 0 Å². The summed E-state index contributed by atoms with van der Waals surface area (Å²) in [5, 5.41) is 10.1. The zero-order chi connectivity index (χ0) is 26.8. The van der Waals surface area contributed by atoms with E-state index in [1.807, 2.05) is 0 Å². The van der Waals surface area contributed by atoms with Crippen molar-refractivity contribution < 1.29 is 31.5 Å². The highest BCUT2D eigenvalue weighted by molar-refractivity contribution is 7.92. The number of benzene rings is 2. The number of hydrogen-bond acceptors (Lipinski definition) is 7. The third-order valence-corrected chi connectivity index (χ3v) is 8.98. The minimum Gasteiger partial charge on any atom is -0.486 e. The highest BCUT2D eigenvalue weighted by Crippen LogP contribution is 2.36. The van der Waals surface area contributed by atoms with E-state index in [1.165, 1.54) is 54.4 Å². The first-order valence-electron chi connectivity index (χ1n) is 11.2. The van der Waals surface area contributed by atoms with E-state index in [-0.39, 0.29) is 47.5 Å². The standard InChI is InChI=1S/C23H30ClN3O7S2/c1-15-12-27(16(2)14-28)23(29)19-6-5-7-20(22(19)34-21(15)13-26(3)35(4,30)31)25-36(32,33)18-10-8-17(24)9-11-18/h5-11,15-16,21,25,28H,12-14H2,1-4H3/t15-,16-,21-/m1/s1. The highest BCUT2D eigenvalue weighted by Gasteiger charge is 2.35. The van der Waals surface area contributed by atoms with Gasteiger partial charge >= 0.3 is 0 Å². The maximum atomic E-state index is 13.5. The number of para-hydroxylation sites is 1. The van der Waals surface area contributed by atoms with E-state index < -0.39 is 38.1 Å². The first-order valence-corrected chi connectivity index (χ1v) is 14.9. The molecular formula is C23H30ClN3O7S2. The second kappa shape index (κ2) is 10.9. The maximum Gasteiger partial charge on any atom is 0.262 e. The van der Waals surface area contributed by atoms with Crippen LogP contribution < -0.4 is 9.46 Å². The number of carbonyl (C=O) groups excluding carboxylic acids is 1. The zero-order valence-electron chi connectivity index (χ0n) is 20.4. The van der Waals surface area contributed by atoms with Crippen molar-refractivity contribution in [2.24, 2.45) is 5.92 Å². The number of amides is 1. The minimum atomic E-state index is -4.07. The fourth-order valence-electron chi connectivity index (χ4n) is 3.75. The topological polar surface area (TPSA) is 133 Å². The van der Waals surface area contributed by atoms with Gasteiger partial charge in [-0.05, 0) is 43.3 Å². The molecule has 0 bridgehead atoms. The largest absolute Gasteiger partial charge is 0.486 e. The molecular weight excluding hydrogens is 530 g/mol. The fourth-order valence-corrected chi connectivity index (χ4v) is 5.35. The van der Waals surface area contributed by atoms with E-state index in [0.717, 1.165) is 10.6 Å². The molecule has 1 heterocycles. The van der Waals surface area contributed by atoms with Crippen LogP contribution in [0.25, 0.3) is 0 Å². The average Bonchev–Trinajstić information content (AvgIpc) is 2.80. The number of hydrogen-bond donors (Lipinski definition) is 2. The van der Waals surface area contributed by atoms with E-state index in [4.69, 9.17) is 16.3 Å². The number of aliphatic hydroxyl groups is 1. The molecule has 0 aromatic heterocycles. The van der Waals surface area contributed by atoms with Gasteiger partial charge in [-0.25, -0.2) is 21.1 Å². The fraction of sp³-hybridized carbons (Fsp3) is 0.435. The zero-order valence-corrected chi connectivity index (χ0v) is 22.8. The Hall–Kier alpha value is -2.38. The number of nitrogens with zero attached hydrogens (tertiary/aromatic N) is 2. The van der Waals surface area contributed by atoms with Crippen LogP contribution in [0.15, 0.2) is 47.4 Å². The van der Waals surface area contributed by atoms with Crippen molar-refractivity contribution in [1.82, 2.24) is 9.21 Å². The van der Waals surface area contributed by atoms with Crippen LogP contribution in [-0.2, 0) is 20.0 Å². The molecule has 0 spiro atoms. The normalized spacial score (nSPS) is 19.8.